The minimum atomic E-state index is -2.87. The zero-order chi connectivity index (χ0) is 17.9. The highest BCUT2D eigenvalue weighted by Crippen LogP contribution is 2.23. The van der Waals surface area contributed by atoms with Crippen molar-refractivity contribution in [3.05, 3.63) is 36.9 Å². The molecule has 4 rings (SSSR count). The van der Waals surface area contributed by atoms with Crippen LogP contribution in [0.15, 0.2) is 36.9 Å². The number of ether oxygens (including phenoxy) is 1. The smallest absolute Gasteiger partial charge is 0.387 e. The number of nitrogens with one attached hydrogen (secondary N) is 2. The highest BCUT2D eigenvalue weighted by molar-refractivity contribution is 5.61. The summed E-state index contributed by atoms with van der Waals surface area (Å²) in [5, 5.41) is 6.74. The number of pyridine rings is 1. The molecule has 0 saturated carbocycles. The van der Waals surface area contributed by atoms with Gasteiger partial charge in [0.1, 0.15) is 22.9 Å². The molecule has 1 aliphatic heterocycles. The monoisotopic (exact) mass is 360 g/mol. The molecule has 26 heavy (non-hydrogen) atoms. The molecule has 2 N–H and O–H groups in total. The fourth-order valence-electron chi connectivity index (χ4n) is 3.07. The summed E-state index contributed by atoms with van der Waals surface area (Å²) < 4.78 is 30.9. The van der Waals surface area contributed by atoms with Crippen molar-refractivity contribution in [2.75, 3.05) is 18.4 Å². The second-order valence-electron chi connectivity index (χ2n) is 6.09. The van der Waals surface area contributed by atoms with Gasteiger partial charge in [-0.25, -0.2) is 9.97 Å². The maximum Gasteiger partial charge on any atom is 0.387 e. The Morgan fingerprint density at radius 2 is 2.23 bits per heavy atom. The molecule has 1 fully saturated rings. The summed E-state index contributed by atoms with van der Waals surface area (Å²) in [5.74, 6) is 0.764. The van der Waals surface area contributed by atoms with Gasteiger partial charge in [-0.3, -0.25) is 9.38 Å². The number of piperidine rings is 1. The molecule has 0 spiro atoms. The lowest BCUT2D eigenvalue weighted by atomic mass is 10.1. The van der Waals surface area contributed by atoms with Crippen molar-refractivity contribution in [2.45, 2.75) is 25.5 Å². The summed E-state index contributed by atoms with van der Waals surface area (Å²) in [6, 6.07) is 3.25. The average molecular weight is 360 g/mol. The molecule has 0 bridgehead atoms. The van der Waals surface area contributed by atoms with Gasteiger partial charge >= 0.3 is 6.61 Å². The molecule has 1 saturated heterocycles. The first-order valence-electron chi connectivity index (χ1n) is 8.40. The molecule has 0 radical (unpaired) electrons. The van der Waals surface area contributed by atoms with Gasteiger partial charge in [-0.05, 0) is 25.5 Å². The van der Waals surface area contributed by atoms with Gasteiger partial charge < -0.3 is 15.4 Å². The molecular formula is C17H18F2N6O. The Hall–Kier alpha value is -2.81. The van der Waals surface area contributed by atoms with E-state index in [0.717, 1.165) is 31.6 Å². The molecule has 0 aliphatic carbocycles. The molecule has 0 aromatic carbocycles. The number of fused-ring (bicyclic) bond motifs is 1. The van der Waals surface area contributed by atoms with Crippen molar-refractivity contribution in [3.8, 4) is 17.1 Å². The molecule has 1 atom stereocenters. The van der Waals surface area contributed by atoms with Gasteiger partial charge in [0.25, 0.3) is 0 Å². The zero-order valence-corrected chi connectivity index (χ0v) is 13.9. The number of imidazole rings is 1. The number of aromatic nitrogens is 4. The quantitative estimate of drug-likeness (QED) is 0.728. The number of anilines is 1. The standard InChI is InChI=1S/C17H18F2N6O/c18-17(19)26-12-3-5-25-14(9-22-16(25)6-12)13-8-21-10-15(24-13)23-11-2-1-4-20-7-11/h3,5-6,8-11,17,20H,1-2,4,7H2,(H,23,24)/t11-/m1/s1. The first-order chi connectivity index (χ1) is 12.7. The maximum absolute atomic E-state index is 12.3. The molecule has 0 unspecified atom stereocenters. The number of hydrogen-bond acceptors (Lipinski definition) is 6. The number of rotatable bonds is 5. The third-order valence-electron chi connectivity index (χ3n) is 4.26. The predicted octanol–water partition coefficient (Wildman–Crippen LogP) is 2.56. The Labute approximate surface area is 148 Å². The maximum atomic E-state index is 12.3. The summed E-state index contributed by atoms with van der Waals surface area (Å²) in [4.78, 5) is 13.1. The van der Waals surface area contributed by atoms with Crippen LogP contribution >= 0.6 is 0 Å². The third kappa shape index (κ3) is 3.57. The van der Waals surface area contributed by atoms with Gasteiger partial charge in [0.05, 0.1) is 24.3 Å². The third-order valence-corrected chi connectivity index (χ3v) is 4.26. The molecule has 0 amide bonds. The average Bonchev–Trinajstić information content (AvgIpc) is 3.05. The fraction of sp³-hybridized carbons (Fsp3) is 0.353. The van der Waals surface area contributed by atoms with Crippen LogP contribution in [0.25, 0.3) is 17.0 Å². The Morgan fingerprint density at radius 3 is 3.04 bits per heavy atom. The minimum absolute atomic E-state index is 0.0657. The van der Waals surface area contributed by atoms with Crippen molar-refractivity contribution >= 4 is 11.5 Å². The fourth-order valence-corrected chi connectivity index (χ4v) is 3.07. The molecule has 3 aromatic rings. The van der Waals surface area contributed by atoms with E-state index < -0.39 is 6.61 Å². The second-order valence-corrected chi connectivity index (χ2v) is 6.09. The Morgan fingerprint density at radius 1 is 1.31 bits per heavy atom. The molecular weight excluding hydrogens is 342 g/mol. The SMILES string of the molecule is FC(F)Oc1ccn2c(-c3cncc(N[C@@H]4CCCNC4)n3)cnc2c1. The van der Waals surface area contributed by atoms with E-state index in [1.807, 2.05) is 0 Å². The summed E-state index contributed by atoms with van der Waals surface area (Å²) in [5.41, 5.74) is 1.87. The van der Waals surface area contributed by atoms with Crippen LogP contribution in [0.2, 0.25) is 0 Å². The summed E-state index contributed by atoms with van der Waals surface area (Å²) in [6.07, 6.45) is 8.81. The first-order valence-corrected chi connectivity index (χ1v) is 8.40. The van der Waals surface area contributed by atoms with Crippen molar-refractivity contribution in [2.24, 2.45) is 0 Å². The number of hydrogen-bond donors (Lipinski definition) is 2. The summed E-state index contributed by atoms with van der Waals surface area (Å²) in [7, 11) is 0. The van der Waals surface area contributed by atoms with E-state index in [9.17, 15) is 8.78 Å². The summed E-state index contributed by atoms with van der Waals surface area (Å²) in [6.45, 7) is -0.924. The van der Waals surface area contributed by atoms with E-state index >= 15 is 0 Å². The first kappa shape index (κ1) is 16.6. The largest absolute Gasteiger partial charge is 0.435 e. The van der Waals surface area contributed by atoms with Crippen LogP contribution in [0.3, 0.4) is 0 Å². The van der Waals surface area contributed by atoms with E-state index in [4.69, 9.17) is 0 Å². The molecule has 136 valence electrons. The van der Waals surface area contributed by atoms with Gasteiger partial charge in [0.2, 0.25) is 0 Å². The van der Waals surface area contributed by atoms with Crippen LogP contribution in [0.1, 0.15) is 12.8 Å². The molecule has 9 heteroatoms. The highest BCUT2D eigenvalue weighted by atomic mass is 19.3. The summed E-state index contributed by atoms with van der Waals surface area (Å²) >= 11 is 0. The number of alkyl halides is 2. The Bertz CT molecular complexity index is 894. The van der Waals surface area contributed by atoms with Crippen molar-refractivity contribution < 1.29 is 13.5 Å². The van der Waals surface area contributed by atoms with E-state index in [1.54, 1.807) is 29.2 Å². The minimum Gasteiger partial charge on any atom is -0.435 e. The van der Waals surface area contributed by atoms with Crippen molar-refractivity contribution in [1.29, 1.82) is 0 Å². The lowest BCUT2D eigenvalue weighted by molar-refractivity contribution is -0.0498. The highest BCUT2D eigenvalue weighted by Gasteiger charge is 2.15. The Balaban J connectivity index is 1.59. The normalized spacial score (nSPS) is 17.6. The van der Waals surface area contributed by atoms with Gasteiger partial charge in [-0.1, -0.05) is 0 Å². The van der Waals surface area contributed by atoms with Crippen LogP contribution in [0.5, 0.6) is 5.75 Å². The van der Waals surface area contributed by atoms with Crippen molar-refractivity contribution in [1.82, 2.24) is 24.7 Å². The molecule has 3 aromatic heterocycles. The van der Waals surface area contributed by atoms with E-state index in [0.29, 0.717) is 23.2 Å². The van der Waals surface area contributed by atoms with E-state index in [-0.39, 0.29) is 5.75 Å². The second kappa shape index (κ2) is 7.20. The van der Waals surface area contributed by atoms with Gasteiger partial charge in [-0.15, -0.1) is 0 Å². The van der Waals surface area contributed by atoms with Crippen LogP contribution in [0, 0.1) is 0 Å². The lowest BCUT2D eigenvalue weighted by Crippen LogP contribution is -2.38. The lowest BCUT2D eigenvalue weighted by Gasteiger charge is -2.24. The van der Waals surface area contributed by atoms with Crippen LogP contribution in [-0.4, -0.2) is 45.1 Å². The van der Waals surface area contributed by atoms with Crippen LogP contribution < -0.4 is 15.4 Å². The predicted molar refractivity (Wildman–Crippen MR) is 92.4 cm³/mol. The topological polar surface area (TPSA) is 76.4 Å². The zero-order valence-electron chi connectivity index (χ0n) is 13.9. The van der Waals surface area contributed by atoms with Gasteiger partial charge in [0.15, 0.2) is 0 Å². The molecule has 4 heterocycles. The molecule has 7 nitrogen and oxygen atoms in total. The van der Waals surface area contributed by atoms with Crippen LogP contribution in [-0.2, 0) is 0 Å². The van der Waals surface area contributed by atoms with E-state index in [1.165, 1.54) is 12.1 Å². The number of nitrogens with zero attached hydrogens (tertiary/aromatic N) is 4. The van der Waals surface area contributed by atoms with Gasteiger partial charge in [-0.2, -0.15) is 8.78 Å². The van der Waals surface area contributed by atoms with Crippen molar-refractivity contribution in [3.63, 3.8) is 0 Å². The number of halogens is 2. The van der Waals surface area contributed by atoms with Gasteiger partial charge in [0, 0.05) is 24.8 Å². The Kier molecular flexibility index (Phi) is 4.61. The van der Waals surface area contributed by atoms with E-state index in [2.05, 4.69) is 30.3 Å². The van der Waals surface area contributed by atoms with Crippen LogP contribution in [0.4, 0.5) is 14.6 Å². The molecule has 1 aliphatic rings.